The quantitative estimate of drug-likeness (QED) is 0.0269. The van der Waals surface area contributed by atoms with Crippen LogP contribution in [0.25, 0.3) is 0 Å². The minimum absolute atomic E-state index is 0.175. The molecule has 1 saturated heterocycles. The van der Waals surface area contributed by atoms with Crippen LogP contribution >= 0.6 is 0 Å². The molecular weight excluding hydrogens is 682 g/mol. The van der Waals surface area contributed by atoms with E-state index >= 15 is 0 Å². The van der Waals surface area contributed by atoms with Crippen LogP contribution < -0.4 is 5.32 Å². The van der Waals surface area contributed by atoms with Crippen LogP contribution in [0.15, 0.2) is 12.2 Å². The van der Waals surface area contributed by atoms with Crippen LogP contribution in [0.2, 0.25) is 0 Å². The average Bonchev–Trinajstić information content (AvgIpc) is 3.17. The molecule has 0 aliphatic carbocycles. The Morgan fingerprint density at radius 3 is 1.44 bits per heavy atom. The lowest BCUT2D eigenvalue weighted by molar-refractivity contribution is -0.302. The zero-order valence-electron chi connectivity index (χ0n) is 35.0. The molecule has 9 heteroatoms. The largest absolute Gasteiger partial charge is 0.394 e. The summed E-state index contributed by atoms with van der Waals surface area (Å²) >= 11 is 0. The van der Waals surface area contributed by atoms with Crippen molar-refractivity contribution in [2.45, 2.75) is 256 Å². The van der Waals surface area contributed by atoms with Crippen molar-refractivity contribution in [1.82, 2.24) is 5.32 Å². The van der Waals surface area contributed by atoms with Crippen molar-refractivity contribution < 1.29 is 39.8 Å². The average molecular weight is 770 g/mol. The molecule has 0 spiro atoms. The Morgan fingerprint density at radius 2 is 1.02 bits per heavy atom. The van der Waals surface area contributed by atoms with Gasteiger partial charge in [0.1, 0.15) is 24.4 Å². The minimum atomic E-state index is -1.56. The fourth-order valence-corrected chi connectivity index (χ4v) is 7.39. The number of nitrogens with one attached hydrogen (secondary N) is 1. The molecule has 320 valence electrons. The summed E-state index contributed by atoms with van der Waals surface area (Å²) in [7, 11) is 0. The molecular formula is C45H87NO8. The van der Waals surface area contributed by atoms with Crippen molar-refractivity contribution in [3.8, 4) is 0 Å². The van der Waals surface area contributed by atoms with Gasteiger partial charge in [-0.15, -0.1) is 0 Å². The lowest BCUT2D eigenvalue weighted by atomic mass is 9.99. The molecule has 1 aliphatic heterocycles. The first-order valence-corrected chi connectivity index (χ1v) is 22.9. The van der Waals surface area contributed by atoms with Gasteiger partial charge in [0, 0.05) is 6.42 Å². The molecule has 1 rings (SSSR count). The summed E-state index contributed by atoms with van der Waals surface area (Å²) in [6.45, 7) is 3.77. The lowest BCUT2D eigenvalue weighted by Gasteiger charge is -2.40. The number of amides is 1. The van der Waals surface area contributed by atoms with Crippen molar-refractivity contribution in [3.05, 3.63) is 12.2 Å². The van der Waals surface area contributed by atoms with E-state index < -0.39 is 49.5 Å². The van der Waals surface area contributed by atoms with Crippen LogP contribution in [0.3, 0.4) is 0 Å². The minimum Gasteiger partial charge on any atom is -0.394 e. The molecule has 0 aromatic rings. The van der Waals surface area contributed by atoms with Crippen LogP contribution in [-0.2, 0) is 14.3 Å². The number of aliphatic hydroxyl groups is 5. The number of hydrogen-bond acceptors (Lipinski definition) is 8. The Kier molecular flexibility index (Phi) is 34.2. The third-order valence-corrected chi connectivity index (χ3v) is 11.1. The van der Waals surface area contributed by atoms with Crippen molar-refractivity contribution in [2.24, 2.45) is 0 Å². The van der Waals surface area contributed by atoms with E-state index in [0.717, 1.165) is 38.5 Å². The first kappa shape index (κ1) is 50.9. The van der Waals surface area contributed by atoms with Crippen LogP contribution in [-0.4, -0.2) is 87.5 Å². The molecule has 1 heterocycles. The maximum Gasteiger partial charge on any atom is 0.220 e. The highest BCUT2D eigenvalue weighted by Crippen LogP contribution is 2.23. The third-order valence-electron chi connectivity index (χ3n) is 11.1. The molecule has 0 bridgehead atoms. The number of carbonyl (C=O) groups is 1. The summed E-state index contributed by atoms with van der Waals surface area (Å²) in [4.78, 5) is 12.9. The fourth-order valence-electron chi connectivity index (χ4n) is 7.39. The van der Waals surface area contributed by atoms with Gasteiger partial charge in [-0.3, -0.25) is 4.79 Å². The first-order valence-electron chi connectivity index (χ1n) is 22.9. The Morgan fingerprint density at radius 1 is 0.611 bits per heavy atom. The predicted octanol–water partition coefficient (Wildman–Crippen LogP) is 9.34. The van der Waals surface area contributed by atoms with Gasteiger partial charge in [-0.05, 0) is 19.3 Å². The summed E-state index contributed by atoms with van der Waals surface area (Å²) in [6, 6.07) is -0.797. The number of allylic oxidation sites excluding steroid dienone is 1. The second kappa shape index (κ2) is 36.3. The molecule has 1 amide bonds. The van der Waals surface area contributed by atoms with Gasteiger partial charge in [0.2, 0.25) is 5.91 Å². The van der Waals surface area contributed by atoms with E-state index in [1.165, 1.54) is 154 Å². The van der Waals surface area contributed by atoms with Crippen LogP contribution in [0.1, 0.15) is 213 Å². The second-order valence-corrected chi connectivity index (χ2v) is 16.2. The van der Waals surface area contributed by atoms with E-state index in [2.05, 4.69) is 19.2 Å². The van der Waals surface area contributed by atoms with Gasteiger partial charge in [0.15, 0.2) is 6.29 Å². The first-order chi connectivity index (χ1) is 26.3. The smallest absolute Gasteiger partial charge is 0.220 e. The lowest BCUT2D eigenvalue weighted by Crippen LogP contribution is -2.60. The van der Waals surface area contributed by atoms with E-state index in [0.29, 0.717) is 6.42 Å². The summed E-state index contributed by atoms with van der Waals surface area (Å²) in [5.41, 5.74) is 0. The molecule has 2 unspecified atom stereocenters. The summed E-state index contributed by atoms with van der Waals surface area (Å²) in [5.74, 6) is -0.175. The predicted molar refractivity (Wildman–Crippen MR) is 221 cm³/mol. The number of carbonyl (C=O) groups excluding carboxylic acids is 1. The second-order valence-electron chi connectivity index (χ2n) is 16.2. The van der Waals surface area contributed by atoms with Crippen LogP contribution in [0, 0.1) is 0 Å². The molecule has 0 radical (unpaired) electrons. The molecule has 0 saturated carbocycles. The maximum atomic E-state index is 12.9. The molecule has 1 fully saturated rings. The third kappa shape index (κ3) is 26.7. The molecule has 54 heavy (non-hydrogen) atoms. The zero-order valence-corrected chi connectivity index (χ0v) is 35.0. The van der Waals surface area contributed by atoms with Crippen molar-refractivity contribution in [3.63, 3.8) is 0 Å². The van der Waals surface area contributed by atoms with Gasteiger partial charge in [-0.25, -0.2) is 0 Å². The highest BCUT2D eigenvalue weighted by Gasteiger charge is 2.44. The van der Waals surface area contributed by atoms with Gasteiger partial charge in [-0.2, -0.15) is 0 Å². The normalized spacial score (nSPS) is 21.5. The molecule has 0 aromatic heterocycles. The maximum absolute atomic E-state index is 12.9. The SMILES string of the molecule is CCCCCCCCCCCC/C=C/[C@@H](O)[C@H](CO[C@H]1O[C@@H](CO)[C@H](O)C(O)C1O)NC(=O)CCCCCCCCCCCCCCCCCCCCC. The van der Waals surface area contributed by atoms with Crippen LogP contribution in [0.4, 0.5) is 0 Å². The standard InChI is InChI=1S/C45H87NO8/c1-3-5-7-9-11-13-15-17-18-19-20-21-22-23-25-27-29-31-33-35-41(49)46-38(37-53-45-44(52)43(51)42(50)40(36-47)54-45)39(48)34-32-30-28-26-24-16-14-12-10-8-6-4-2/h32,34,38-40,42-45,47-48,50-52H,3-31,33,35-37H2,1-2H3,(H,46,49)/b34-32+/t38-,39+,40-,42-,43?,44?,45-/m0/s1. The van der Waals surface area contributed by atoms with Crippen LogP contribution in [0.5, 0.6) is 0 Å². The van der Waals surface area contributed by atoms with Gasteiger partial charge >= 0.3 is 0 Å². The summed E-state index contributed by atoms with van der Waals surface area (Å²) < 4.78 is 11.2. The number of rotatable bonds is 38. The molecule has 7 atom stereocenters. The van der Waals surface area contributed by atoms with E-state index in [9.17, 15) is 30.3 Å². The monoisotopic (exact) mass is 770 g/mol. The van der Waals surface area contributed by atoms with E-state index in [4.69, 9.17) is 9.47 Å². The Hall–Kier alpha value is -1.07. The van der Waals surface area contributed by atoms with Gasteiger partial charge < -0.3 is 40.3 Å². The van der Waals surface area contributed by atoms with Gasteiger partial charge in [-0.1, -0.05) is 199 Å². The fraction of sp³-hybridized carbons (Fsp3) is 0.933. The number of ether oxygens (including phenoxy) is 2. The molecule has 6 N–H and O–H groups in total. The topological polar surface area (TPSA) is 149 Å². The van der Waals surface area contributed by atoms with Gasteiger partial charge in [0.05, 0.1) is 25.4 Å². The number of aliphatic hydroxyl groups excluding tert-OH is 5. The molecule has 9 nitrogen and oxygen atoms in total. The number of unbranched alkanes of at least 4 members (excludes halogenated alkanes) is 28. The van der Waals surface area contributed by atoms with Crippen molar-refractivity contribution >= 4 is 5.91 Å². The summed E-state index contributed by atoms with van der Waals surface area (Å²) in [5, 5.41) is 54.1. The molecule has 0 aromatic carbocycles. The molecule has 1 aliphatic rings. The highest BCUT2D eigenvalue weighted by molar-refractivity contribution is 5.76. The van der Waals surface area contributed by atoms with Crippen molar-refractivity contribution in [2.75, 3.05) is 13.2 Å². The number of hydrogen-bond donors (Lipinski definition) is 6. The van der Waals surface area contributed by atoms with E-state index in [-0.39, 0.29) is 12.5 Å². The van der Waals surface area contributed by atoms with E-state index in [1.54, 1.807) is 6.08 Å². The highest BCUT2D eigenvalue weighted by atomic mass is 16.7. The summed E-state index contributed by atoms with van der Waals surface area (Å²) in [6.07, 6.45) is 34.0. The van der Waals surface area contributed by atoms with E-state index in [1.807, 2.05) is 6.08 Å². The van der Waals surface area contributed by atoms with Gasteiger partial charge in [0.25, 0.3) is 0 Å². The Labute approximate surface area is 331 Å². The van der Waals surface area contributed by atoms with Crippen molar-refractivity contribution in [1.29, 1.82) is 0 Å². The Balaban J connectivity index is 2.31. The zero-order chi connectivity index (χ0) is 39.5. The Bertz CT molecular complexity index is 858.